The molecule has 1 heterocycles. The topological polar surface area (TPSA) is 116 Å². The van der Waals surface area contributed by atoms with Crippen LogP contribution in [0.3, 0.4) is 0 Å². The van der Waals surface area contributed by atoms with Crippen LogP contribution in [-0.4, -0.2) is 78.4 Å². The van der Waals surface area contributed by atoms with Crippen molar-refractivity contribution in [1.29, 1.82) is 0 Å². The van der Waals surface area contributed by atoms with Crippen LogP contribution in [0.4, 0.5) is 5.13 Å². The summed E-state index contributed by atoms with van der Waals surface area (Å²) in [6, 6.07) is 9.24. The van der Waals surface area contributed by atoms with Crippen LogP contribution in [-0.2, 0) is 19.5 Å². The average Bonchev–Trinajstić information content (AvgIpc) is 3.27. The van der Waals surface area contributed by atoms with Gasteiger partial charge in [-0.05, 0) is 36.4 Å². The number of fused-ring (bicyclic) bond motifs is 1. The summed E-state index contributed by atoms with van der Waals surface area (Å²) >= 11 is 1.25. The van der Waals surface area contributed by atoms with Crippen molar-refractivity contribution in [1.82, 2.24) is 9.29 Å². The monoisotopic (exact) mass is 509 g/mol. The lowest BCUT2D eigenvalue weighted by Crippen LogP contribution is -2.36. The number of amides is 1. The molecule has 0 unspecified atom stereocenters. The predicted molar refractivity (Wildman–Crippen MR) is 130 cm³/mol. The first kappa shape index (κ1) is 25.8. The molecule has 0 aliphatic carbocycles. The van der Waals surface area contributed by atoms with Gasteiger partial charge in [-0.25, -0.2) is 13.4 Å². The average molecular weight is 510 g/mol. The van der Waals surface area contributed by atoms with Crippen LogP contribution in [0.25, 0.3) is 10.2 Å². The van der Waals surface area contributed by atoms with Crippen LogP contribution in [0.15, 0.2) is 41.3 Å². The largest absolute Gasteiger partial charge is 0.495 e. The third kappa shape index (κ3) is 5.65. The van der Waals surface area contributed by atoms with Crippen molar-refractivity contribution in [3.8, 4) is 11.5 Å². The van der Waals surface area contributed by atoms with Crippen molar-refractivity contribution >= 4 is 42.6 Å². The molecular formula is C22H27N3O7S2. The van der Waals surface area contributed by atoms with Gasteiger partial charge in [-0.1, -0.05) is 11.3 Å². The molecule has 12 heteroatoms. The highest BCUT2D eigenvalue weighted by atomic mass is 32.2. The molecule has 2 aromatic carbocycles. The Morgan fingerprint density at radius 3 is 2.09 bits per heavy atom. The van der Waals surface area contributed by atoms with Crippen molar-refractivity contribution < 1.29 is 32.2 Å². The molecule has 34 heavy (non-hydrogen) atoms. The molecular weight excluding hydrogens is 482 g/mol. The highest BCUT2D eigenvalue weighted by molar-refractivity contribution is 7.89. The summed E-state index contributed by atoms with van der Waals surface area (Å²) in [5.41, 5.74) is 0.869. The minimum atomic E-state index is -3.78. The highest BCUT2D eigenvalue weighted by Gasteiger charge is 2.24. The molecule has 0 bridgehead atoms. The molecule has 0 saturated heterocycles. The number of aromatic nitrogens is 1. The summed E-state index contributed by atoms with van der Waals surface area (Å²) in [7, 11) is 2.33. The number of hydrogen-bond acceptors (Lipinski definition) is 9. The lowest BCUT2D eigenvalue weighted by Gasteiger charge is -2.21. The zero-order chi connectivity index (χ0) is 24.7. The van der Waals surface area contributed by atoms with Gasteiger partial charge in [0, 0.05) is 32.9 Å². The van der Waals surface area contributed by atoms with E-state index in [2.05, 4.69) is 10.3 Å². The molecule has 184 valence electrons. The first-order valence-corrected chi connectivity index (χ1v) is 12.5. The second-order valence-electron chi connectivity index (χ2n) is 7.04. The third-order valence-corrected chi connectivity index (χ3v) is 7.87. The maximum atomic E-state index is 13.0. The number of rotatable bonds is 12. The minimum Gasteiger partial charge on any atom is -0.495 e. The SMILES string of the molecule is COCCN(CCOC)S(=O)(=O)c1ccc(C(=O)Nc2nc3c(OC)ccc(OC)c3s2)cc1. The predicted octanol–water partition coefficient (Wildman–Crippen LogP) is 2.85. The number of ether oxygens (including phenoxy) is 4. The van der Waals surface area contributed by atoms with Crippen molar-refractivity contribution in [2.24, 2.45) is 0 Å². The summed E-state index contributed by atoms with van der Waals surface area (Å²) in [4.78, 5) is 17.3. The van der Waals surface area contributed by atoms with Crippen LogP contribution < -0.4 is 14.8 Å². The summed E-state index contributed by atoms with van der Waals surface area (Å²) in [5.74, 6) is 0.764. The van der Waals surface area contributed by atoms with Gasteiger partial charge in [0.05, 0.1) is 32.3 Å². The molecule has 0 fully saturated rings. The first-order valence-electron chi connectivity index (χ1n) is 10.3. The fraction of sp³-hybridized carbons (Fsp3) is 0.364. The summed E-state index contributed by atoms with van der Waals surface area (Å²) in [5, 5.41) is 3.12. The molecule has 1 aromatic heterocycles. The number of carbonyl (C=O) groups excluding carboxylic acids is 1. The van der Waals surface area contributed by atoms with Crippen LogP contribution in [0, 0.1) is 0 Å². The number of methoxy groups -OCH3 is 4. The third-order valence-electron chi connectivity index (χ3n) is 4.97. The quantitative estimate of drug-likeness (QED) is 0.396. The molecule has 0 spiro atoms. The maximum absolute atomic E-state index is 13.0. The second kappa shape index (κ2) is 11.6. The van der Waals surface area contributed by atoms with Gasteiger partial charge < -0.3 is 18.9 Å². The summed E-state index contributed by atoms with van der Waals surface area (Å²) in [6.45, 7) is 0.881. The Hall–Kier alpha value is -2.77. The van der Waals surface area contributed by atoms with E-state index in [4.69, 9.17) is 18.9 Å². The van der Waals surface area contributed by atoms with Gasteiger partial charge in [-0.15, -0.1) is 0 Å². The van der Waals surface area contributed by atoms with E-state index < -0.39 is 15.9 Å². The van der Waals surface area contributed by atoms with Gasteiger partial charge in [0.2, 0.25) is 10.0 Å². The van der Waals surface area contributed by atoms with Crippen LogP contribution in [0.2, 0.25) is 0 Å². The Morgan fingerprint density at radius 1 is 0.941 bits per heavy atom. The molecule has 3 rings (SSSR count). The van der Waals surface area contributed by atoms with E-state index in [-0.39, 0.29) is 36.8 Å². The number of hydrogen-bond donors (Lipinski definition) is 1. The van der Waals surface area contributed by atoms with Gasteiger partial charge in [-0.3, -0.25) is 10.1 Å². The number of carbonyl (C=O) groups is 1. The normalized spacial score (nSPS) is 11.7. The van der Waals surface area contributed by atoms with Crippen LogP contribution in [0.1, 0.15) is 10.4 Å². The lowest BCUT2D eigenvalue weighted by atomic mass is 10.2. The molecule has 10 nitrogen and oxygen atoms in total. The van der Waals surface area contributed by atoms with Gasteiger partial charge in [0.1, 0.15) is 21.7 Å². The van der Waals surface area contributed by atoms with Crippen molar-refractivity contribution in [3.05, 3.63) is 42.0 Å². The number of nitrogens with zero attached hydrogens (tertiary/aromatic N) is 2. The highest BCUT2D eigenvalue weighted by Crippen LogP contribution is 2.38. The Kier molecular flexibility index (Phi) is 8.80. The van der Waals surface area contributed by atoms with Crippen molar-refractivity contribution in [2.75, 3.05) is 60.1 Å². The van der Waals surface area contributed by atoms with E-state index in [1.165, 1.54) is 54.1 Å². The number of thiazole rings is 1. The van der Waals surface area contributed by atoms with Gasteiger partial charge in [0.25, 0.3) is 5.91 Å². The zero-order valence-corrected chi connectivity index (χ0v) is 21.0. The standard InChI is InChI=1S/C22H27N3O7S2/c1-29-13-11-25(12-14-30-2)34(27,28)16-7-5-15(6-8-16)21(26)24-22-23-19-17(31-3)9-10-18(32-4)20(19)33-22/h5-10H,11-14H2,1-4H3,(H,23,24,26). The molecule has 0 atom stereocenters. The van der Waals surface area contributed by atoms with Crippen LogP contribution in [0.5, 0.6) is 11.5 Å². The van der Waals surface area contributed by atoms with E-state index in [9.17, 15) is 13.2 Å². The molecule has 3 aromatic rings. The maximum Gasteiger partial charge on any atom is 0.257 e. The fourth-order valence-electron chi connectivity index (χ4n) is 3.17. The number of sulfonamides is 1. The van der Waals surface area contributed by atoms with E-state index in [1.807, 2.05) is 0 Å². The van der Waals surface area contributed by atoms with E-state index >= 15 is 0 Å². The van der Waals surface area contributed by atoms with E-state index in [1.54, 1.807) is 26.4 Å². The Balaban J connectivity index is 1.79. The molecule has 0 aliphatic rings. The molecule has 1 N–H and O–H groups in total. The second-order valence-corrected chi connectivity index (χ2v) is 9.97. The van der Waals surface area contributed by atoms with Crippen molar-refractivity contribution in [2.45, 2.75) is 4.90 Å². The zero-order valence-electron chi connectivity index (χ0n) is 19.4. The molecule has 0 radical (unpaired) electrons. The Morgan fingerprint density at radius 2 is 1.53 bits per heavy atom. The fourth-order valence-corrected chi connectivity index (χ4v) is 5.55. The number of benzene rings is 2. The van der Waals surface area contributed by atoms with Gasteiger partial charge >= 0.3 is 0 Å². The van der Waals surface area contributed by atoms with Crippen LogP contribution >= 0.6 is 11.3 Å². The summed E-state index contributed by atoms with van der Waals surface area (Å²) in [6.07, 6.45) is 0. The molecule has 0 aliphatic heterocycles. The van der Waals surface area contributed by atoms with Gasteiger partial charge in [0.15, 0.2) is 5.13 Å². The Labute approximate surface area is 202 Å². The van der Waals surface area contributed by atoms with Crippen molar-refractivity contribution in [3.63, 3.8) is 0 Å². The number of nitrogens with one attached hydrogen (secondary N) is 1. The Bertz CT molecular complexity index is 1180. The lowest BCUT2D eigenvalue weighted by molar-refractivity contribution is 0.102. The summed E-state index contributed by atoms with van der Waals surface area (Å²) < 4.78 is 48.8. The van der Waals surface area contributed by atoms with Gasteiger partial charge in [-0.2, -0.15) is 4.31 Å². The molecule has 1 amide bonds. The van der Waals surface area contributed by atoms with E-state index in [0.29, 0.717) is 22.1 Å². The molecule has 0 saturated carbocycles. The minimum absolute atomic E-state index is 0.0747. The number of anilines is 1. The van der Waals surface area contributed by atoms with E-state index in [0.717, 1.165) is 4.70 Å². The first-order chi connectivity index (χ1) is 16.3. The smallest absolute Gasteiger partial charge is 0.257 e.